The van der Waals surface area contributed by atoms with Gasteiger partial charge in [-0.1, -0.05) is 112 Å². The minimum atomic E-state index is -1.04. The molecule has 5 aromatic rings. The van der Waals surface area contributed by atoms with E-state index < -0.39 is 66.0 Å². The van der Waals surface area contributed by atoms with E-state index in [0.29, 0.717) is 73.4 Å². The Bertz CT molecular complexity index is 3030. The Kier molecular flexibility index (Phi) is 18.4. The molecule has 2 aromatic heterocycles. The summed E-state index contributed by atoms with van der Waals surface area (Å²) in [5.74, 6) is -1.63. The molecule has 1 saturated heterocycles. The summed E-state index contributed by atoms with van der Waals surface area (Å²) in [4.78, 5) is 79.6. The Balaban J connectivity index is 0.790. The quantitative estimate of drug-likeness (QED) is 0.0343. The number of pyridine rings is 2. The number of para-hydroxylation sites is 1. The summed E-state index contributed by atoms with van der Waals surface area (Å²) in [6.07, 6.45) is 8.15. The Morgan fingerprint density at radius 3 is 2.17 bits per heavy atom. The van der Waals surface area contributed by atoms with Gasteiger partial charge >= 0.3 is 5.97 Å². The smallest absolute Gasteiger partial charge is 0.303 e. The Hall–Kier alpha value is -7.01. The highest BCUT2D eigenvalue weighted by molar-refractivity contribution is 5.99. The maximum atomic E-state index is 14.9. The number of nitrogens with zero attached hydrogens (tertiary/aromatic N) is 3. The number of aliphatic carboxylic acids is 1. The third-order valence-electron chi connectivity index (χ3n) is 20.5. The van der Waals surface area contributed by atoms with Crippen LogP contribution in [0, 0.1) is 46.3 Å². The Morgan fingerprint density at radius 2 is 1.45 bits per heavy atom. The number of carbonyl (C=O) groups is 5. The SMILES string of the molecule is CC(CCC(=O)O)C1CC[C@H]2[C@@H]3[C@H](O)C[C@@H]4C[C@@H](NC(=O)CCC(=O)N[C@@H](Cc5ccccc5)C(=O)N5CCC[C@H]5C(=O)Nc5ccccc5[C@@H](Nc5ccccn5)[C@H](c5ccccn5)[C@H](O)c5ccccc5)CC[C@]4(C)[C@H]3C[C@H](O)[C@]12C. The molecule has 3 heterocycles. The van der Waals surface area contributed by atoms with Crippen molar-refractivity contribution in [2.24, 2.45) is 46.3 Å². The Labute approximate surface area is 487 Å². The van der Waals surface area contributed by atoms with Crippen LogP contribution in [0.15, 0.2) is 134 Å². The molecule has 5 fully saturated rings. The largest absolute Gasteiger partial charge is 0.481 e. The zero-order chi connectivity index (χ0) is 58.4. The molecule has 8 N–H and O–H groups in total. The van der Waals surface area contributed by atoms with Crippen molar-refractivity contribution in [3.8, 4) is 0 Å². The molecule has 16 heteroatoms. The van der Waals surface area contributed by atoms with Gasteiger partial charge in [-0.15, -0.1) is 0 Å². The van der Waals surface area contributed by atoms with E-state index in [9.17, 15) is 44.4 Å². The highest BCUT2D eigenvalue weighted by Gasteiger charge is 2.66. The summed E-state index contributed by atoms with van der Waals surface area (Å²) in [7, 11) is 0. The van der Waals surface area contributed by atoms with Gasteiger partial charge < -0.3 is 46.6 Å². The van der Waals surface area contributed by atoms with Gasteiger partial charge in [-0.25, -0.2) is 4.98 Å². The van der Waals surface area contributed by atoms with Crippen LogP contribution in [0.1, 0.15) is 145 Å². The van der Waals surface area contributed by atoms with Crippen molar-refractivity contribution in [2.45, 2.75) is 159 Å². The molecule has 440 valence electrons. The summed E-state index contributed by atoms with van der Waals surface area (Å²) < 4.78 is 0. The van der Waals surface area contributed by atoms with Crippen molar-refractivity contribution in [1.29, 1.82) is 0 Å². The number of rotatable bonds is 21. The maximum absolute atomic E-state index is 14.9. The van der Waals surface area contributed by atoms with E-state index in [2.05, 4.69) is 47.0 Å². The summed E-state index contributed by atoms with van der Waals surface area (Å²) in [5.41, 5.74) is 2.74. The number of carbonyl (C=O) groups excluding carboxylic acids is 4. The molecule has 4 aliphatic carbocycles. The first-order chi connectivity index (χ1) is 40.0. The van der Waals surface area contributed by atoms with E-state index >= 15 is 0 Å². The fourth-order valence-corrected chi connectivity index (χ4v) is 16.2. The van der Waals surface area contributed by atoms with Crippen LogP contribution in [0.2, 0.25) is 0 Å². The average molecular weight is 1130 g/mol. The van der Waals surface area contributed by atoms with Gasteiger partial charge in [-0.05, 0) is 158 Å². The van der Waals surface area contributed by atoms with Gasteiger partial charge in [0.15, 0.2) is 0 Å². The second kappa shape index (κ2) is 25.9. The van der Waals surface area contributed by atoms with Crippen LogP contribution in [-0.4, -0.2) is 102 Å². The van der Waals surface area contributed by atoms with Crippen LogP contribution < -0.4 is 21.3 Å². The number of amides is 4. The minimum Gasteiger partial charge on any atom is -0.481 e. The lowest BCUT2D eigenvalue weighted by molar-refractivity contribution is -0.202. The Morgan fingerprint density at radius 1 is 0.747 bits per heavy atom. The number of benzene rings is 3. The number of carboxylic acid groups (broad SMARTS) is 1. The highest BCUT2D eigenvalue weighted by atomic mass is 16.4. The van der Waals surface area contributed by atoms with E-state index in [1.807, 2.05) is 115 Å². The molecule has 1 aliphatic heterocycles. The summed E-state index contributed by atoms with van der Waals surface area (Å²) in [5, 5.41) is 58.7. The molecule has 83 heavy (non-hydrogen) atoms. The van der Waals surface area contributed by atoms with Crippen molar-refractivity contribution in [3.05, 3.63) is 156 Å². The lowest BCUT2D eigenvalue weighted by Crippen LogP contribution is -2.63. The first-order valence-corrected chi connectivity index (χ1v) is 30.3. The molecule has 2 unspecified atom stereocenters. The number of carboxylic acids is 1. The minimum absolute atomic E-state index is 0.0537. The molecule has 16 atom stereocenters. The molecular formula is C67H83N7O9. The third-order valence-corrected chi connectivity index (χ3v) is 20.5. The molecule has 10 rings (SSSR count). The first kappa shape index (κ1) is 59.2. The van der Waals surface area contributed by atoms with Crippen LogP contribution >= 0.6 is 0 Å². The fraction of sp³-hybridized carbons (Fsp3) is 0.507. The van der Waals surface area contributed by atoms with Crippen molar-refractivity contribution in [2.75, 3.05) is 17.2 Å². The standard InChI is InChI=1S/C67H83N7O9/c1-41(26-31-59(79)80)47-27-28-48-60-49(40-55(76)67(47,48)3)66(2)33-32-45(38-44(66)39-54(60)75)70-57(77)29-30-58(78)71-52(37-42-17-6-4-7-18-42)65(83)74-36-16-24-53(74)64(82)72-50-22-11-10-21-46(50)62(73-56-25-13-15-35-69-56)61(51-23-12-14-34-68-51)63(81)43-19-8-5-9-20-43/h4-15,17-23,25,34-35,41,44-45,47-49,52-55,60-63,75-76,81H,16,24,26-33,36-40H2,1-3H3,(H,69,73)(H,70,77)(H,71,78)(H,72,82)(H,79,80)/t41?,44-,45-,47?,48-,49-,52-,53-,54+,55-,60-,61-,62+,63+,66-,67+/m0/s1. The molecule has 3 aromatic carbocycles. The first-order valence-electron chi connectivity index (χ1n) is 30.3. The molecule has 0 radical (unpaired) electrons. The van der Waals surface area contributed by atoms with Gasteiger partial charge in [0.2, 0.25) is 23.6 Å². The molecule has 4 saturated carbocycles. The van der Waals surface area contributed by atoms with Gasteiger partial charge in [0, 0.05) is 62.0 Å². The normalized spacial score (nSPS) is 29.1. The zero-order valence-corrected chi connectivity index (χ0v) is 48.1. The predicted octanol–water partition coefficient (Wildman–Crippen LogP) is 9.17. The number of hydrogen-bond donors (Lipinski definition) is 8. The summed E-state index contributed by atoms with van der Waals surface area (Å²) in [6, 6.07) is 34.5. The van der Waals surface area contributed by atoms with Gasteiger partial charge in [0.1, 0.15) is 17.9 Å². The van der Waals surface area contributed by atoms with Crippen molar-refractivity contribution in [1.82, 2.24) is 25.5 Å². The maximum Gasteiger partial charge on any atom is 0.303 e. The molecular weight excluding hydrogens is 1050 g/mol. The van der Waals surface area contributed by atoms with Crippen molar-refractivity contribution >= 4 is 41.1 Å². The molecule has 16 nitrogen and oxygen atoms in total. The van der Waals surface area contributed by atoms with Gasteiger partial charge in [0.25, 0.3) is 0 Å². The molecule has 0 spiro atoms. The lowest BCUT2D eigenvalue weighted by Gasteiger charge is -2.63. The van der Waals surface area contributed by atoms with Crippen molar-refractivity contribution in [3.63, 3.8) is 0 Å². The van der Waals surface area contributed by atoms with Crippen LogP contribution in [0.4, 0.5) is 11.5 Å². The lowest BCUT2D eigenvalue weighted by atomic mass is 9.43. The van der Waals surface area contributed by atoms with Crippen LogP contribution in [0.3, 0.4) is 0 Å². The number of fused-ring (bicyclic) bond motifs is 5. The van der Waals surface area contributed by atoms with Gasteiger partial charge in [-0.2, -0.15) is 0 Å². The zero-order valence-electron chi connectivity index (χ0n) is 48.1. The number of aliphatic hydroxyl groups is 3. The molecule has 5 aliphatic rings. The number of aliphatic hydroxyl groups excluding tert-OH is 3. The highest BCUT2D eigenvalue weighted by Crippen LogP contribution is 2.68. The van der Waals surface area contributed by atoms with E-state index in [0.717, 1.165) is 31.2 Å². The molecule has 0 bridgehead atoms. The van der Waals surface area contributed by atoms with Crippen LogP contribution in [0.5, 0.6) is 0 Å². The van der Waals surface area contributed by atoms with Gasteiger partial charge in [-0.3, -0.25) is 29.0 Å². The second-order valence-electron chi connectivity index (χ2n) is 25.1. The average Bonchev–Trinajstić information content (AvgIpc) is 3.87. The van der Waals surface area contributed by atoms with E-state index in [4.69, 9.17) is 4.98 Å². The van der Waals surface area contributed by atoms with E-state index in [-0.39, 0.29) is 84.0 Å². The van der Waals surface area contributed by atoms with Crippen LogP contribution in [0.25, 0.3) is 0 Å². The number of nitrogens with one attached hydrogen (secondary N) is 4. The number of hydrogen-bond acceptors (Lipinski definition) is 11. The van der Waals surface area contributed by atoms with E-state index in [1.54, 1.807) is 23.4 Å². The number of anilines is 2. The van der Waals surface area contributed by atoms with Crippen LogP contribution in [-0.2, 0) is 30.4 Å². The van der Waals surface area contributed by atoms with Gasteiger partial charge in [0.05, 0.1) is 30.3 Å². The topological polar surface area (TPSA) is 243 Å². The second-order valence-corrected chi connectivity index (χ2v) is 25.1. The third kappa shape index (κ3) is 12.8. The monoisotopic (exact) mass is 1130 g/mol. The summed E-state index contributed by atoms with van der Waals surface area (Å²) >= 11 is 0. The number of aromatic nitrogens is 2. The predicted molar refractivity (Wildman–Crippen MR) is 316 cm³/mol. The number of likely N-dealkylation sites (tertiary alicyclic amines) is 1. The van der Waals surface area contributed by atoms with E-state index in [1.165, 1.54) is 0 Å². The van der Waals surface area contributed by atoms with Crippen molar-refractivity contribution < 1.29 is 44.4 Å². The summed E-state index contributed by atoms with van der Waals surface area (Å²) in [6.45, 7) is 6.93. The molecule has 4 amide bonds. The fourth-order valence-electron chi connectivity index (χ4n) is 16.2.